The molecule has 2 rings (SSSR count). The van der Waals surface area contributed by atoms with Crippen LogP contribution in [-0.2, 0) is 0 Å². The molecule has 0 bridgehead atoms. The van der Waals surface area contributed by atoms with Crippen LogP contribution in [0.4, 0.5) is 0 Å². The molecule has 0 radical (unpaired) electrons. The maximum absolute atomic E-state index is 12.4. The van der Waals surface area contributed by atoms with Crippen molar-refractivity contribution >= 4 is 5.78 Å². The normalized spacial score (nSPS) is 10.2. The third-order valence-corrected chi connectivity index (χ3v) is 2.96. The number of benzene rings is 1. The van der Waals surface area contributed by atoms with E-state index in [4.69, 9.17) is 9.47 Å². The molecule has 0 spiro atoms. The highest BCUT2D eigenvalue weighted by Crippen LogP contribution is 2.22. The van der Waals surface area contributed by atoms with E-state index in [2.05, 4.69) is 4.98 Å². The van der Waals surface area contributed by atoms with Crippen LogP contribution < -0.4 is 9.47 Å². The maximum atomic E-state index is 12.4. The van der Waals surface area contributed by atoms with Crippen LogP contribution in [0.25, 0.3) is 0 Å². The van der Waals surface area contributed by atoms with E-state index in [1.54, 1.807) is 31.5 Å². The molecule has 0 amide bonds. The lowest BCUT2D eigenvalue weighted by molar-refractivity contribution is 0.103. The van der Waals surface area contributed by atoms with Gasteiger partial charge in [0.2, 0.25) is 0 Å². The van der Waals surface area contributed by atoms with Crippen molar-refractivity contribution in [3.8, 4) is 11.5 Å². The molecular formula is C16H17NO3. The predicted octanol–water partition coefficient (Wildman–Crippen LogP) is 3.03. The molecular weight excluding hydrogens is 254 g/mol. The van der Waals surface area contributed by atoms with Crippen molar-refractivity contribution in [2.75, 3.05) is 13.7 Å². The second kappa shape index (κ2) is 6.19. The van der Waals surface area contributed by atoms with Crippen molar-refractivity contribution in [1.82, 2.24) is 4.98 Å². The van der Waals surface area contributed by atoms with Crippen LogP contribution in [0.2, 0.25) is 0 Å². The molecule has 20 heavy (non-hydrogen) atoms. The molecule has 0 atom stereocenters. The summed E-state index contributed by atoms with van der Waals surface area (Å²) in [6.07, 6.45) is 3.13. The average molecular weight is 271 g/mol. The van der Waals surface area contributed by atoms with Gasteiger partial charge in [-0.25, -0.2) is 0 Å². The zero-order chi connectivity index (χ0) is 14.5. The predicted molar refractivity (Wildman–Crippen MR) is 76.6 cm³/mol. The zero-order valence-corrected chi connectivity index (χ0v) is 11.8. The monoisotopic (exact) mass is 271 g/mol. The lowest BCUT2D eigenvalue weighted by atomic mass is 10.0. The lowest BCUT2D eigenvalue weighted by Crippen LogP contribution is -2.04. The minimum atomic E-state index is -0.0997. The van der Waals surface area contributed by atoms with E-state index in [-0.39, 0.29) is 5.78 Å². The van der Waals surface area contributed by atoms with Crippen LogP contribution >= 0.6 is 0 Å². The highest BCUT2D eigenvalue weighted by molar-refractivity contribution is 6.09. The fraction of sp³-hybridized carbons (Fsp3) is 0.250. The van der Waals surface area contributed by atoms with Crippen molar-refractivity contribution in [2.45, 2.75) is 13.8 Å². The molecule has 104 valence electrons. The molecule has 4 heteroatoms. The van der Waals surface area contributed by atoms with Gasteiger partial charge >= 0.3 is 0 Å². The number of ether oxygens (including phenoxy) is 2. The second-order valence-electron chi connectivity index (χ2n) is 4.36. The average Bonchev–Trinajstić information content (AvgIpc) is 2.48. The van der Waals surface area contributed by atoms with Gasteiger partial charge in [0.15, 0.2) is 5.78 Å². The molecule has 0 saturated carbocycles. The van der Waals surface area contributed by atoms with E-state index in [0.29, 0.717) is 29.2 Å². The van der Waals surface area contributed by atoms with Crippen molar-refractivity contribution in [3.63, 3.8) is 0 Å². The molecule has 0 N–H and O–H groups in total. The van der Waals surface area contributed by atoms with Gasteiger partial charge in [0.25, 0.3) is 0 Å². The summed E-state index contributed by atoms with van der Waals surface area (Å²) in [6.45, 7) is 4.36. The molecule has 1 aromatic carbocycles. The van der Waals surface area contributed by atoms with E-state index in [1.807, 2.05) is 19.9 Å². The topological polar surface area (TPSA) is 48.4 Å². The van der Waals surface area contributed by atoms with Crippen molar-refractivity contribution in [1.29, 1.82) is 0 Å². The van der Waals surface area contributed by atoms with Gasteiger partial charge in [-0.1, -0.05) is 12.1 Å². The number of aromatic nitrogens is 1. The van der Waals surface area contributed by atoms with E-state index in [1.165, 1.54) is 6.20 Å². The van der Waals surface area contributed by atoms with Crippen LogP contribution in [0.1, 0.15) is 28.4 Å². The van der Waals surface area contributed by atoms with Crippen molar-refractivity contribution < 1.29 is 14.3 Å². The van der Waals surface area contributed by atoms with Crippen LogP contribution in [0.5, 0.6) is 11.5 Å². The van der Waals surface area contributed by atoms with Gasteiger partial charge in [-0.15, -0.1) is 0 Å². The highest BCUT2D eigenvalue weighted by Gasteiger charge is 2.12. The van der Waals surface area contributed by atoms with E-state index >= 15 is 0 Å². The van der Waals surface area contributed by atoms with Gasteiger partial charge in [-0.2, -0.15) is 0 Å². The summed E-state index contributed by atoms with van der Waals surface area (Å²) in [7, 11) is 1.59. The molecule has 0 aliphatic rings. The summed E-state index contributed by atoms with van der Waals surface area (Å²) in [4.78, 5) is 16.5. The summed E-state index contributed by atoms with van der Waals surface area (Å²) in [5, 5.41) is 0. The highest BCUT2D eigenvalue weighted by atomic mass is 16.5. The number of rotatable bonds is 5. The molecule has 0 saturated heterocycles. The standard InChI is InChI=1S/C16H17NO3/c1-4-20-14-7-13(9-17-10-14)16(18)12-6-5-11(2)15(8-12)19-3/h5-10H,4H2,1-3H3. The quantitative estimate of drug-likeness (QED) is 0.784. The van der Waals surface area contributed by atoms with Crippen molar-refractivity contribution in [2.24, 2.45) is 0 Å². The van der Waals surface area contributed by atoms with E-state index in [0.717, 1.165) is 5.56 Å². The first-order valence-corrected chi connectivity index (χ1v) is 6.43. The Morgan fingerprint density at radius 3 is 2.70 bits per heavy atom. The van der Waals surface area contributed by atoms with Gasteiger partial charge in [-0.05, 0) is 31.5 Å². The lowest BCUT2D eigenvalue weighted by Gasteiger charge is -2.08. The summed E-state index contributed by atoms with van der Waals surface area (Å²) >= 11 is 0. The minimum absolute atomic E-state index is 0.0997. The van der Waals surface area contributed by atoms with Crippen LogP contribution in [0.3, 0.4) is 0 Å². The first kappa shape index (κ1) is 14.1. The second-order valence-corrected chi connectivity index (χ2v) is 4.36. The Morgan fingerprint density at radius 1 is 1.20 bits per heavy atom. The smallest absolute Gasteiger partial charge is 0.194 e. The minimum Gasteiger partial charge on any atom is -0.496 e. The fourth-order valence-corrected chi connectivity index (χ4v) is 1.92. The van der Waals surface area contributed by atoms with Gasteiger partial charge in [0, 0.05) is 17.3 Å². The molecule has 0 aliphatic heterocycles. The zero-order valence-electron chi connectivity index (χ0n) is 11.8. The Labute approximate surface area is 118 Å². The van der Waals surface area contributed by atoms with Crippen LogP contribution in [0, 0.1) is 6.92 Å². The number of pyridine rings is 1. The molecule has 0 unspecified atom stereocenters. The third-order valence-electron chi connectivity index (χ3n) is 2.96. The van der Waals surface area contributed by atoms with Crippen LogP contribution in [-0.4, -0.2) is 24.5 Å². The van der Waals surface area contributed by atoms with Crippen molar-refractivity contribution in [3.05, 3.63) is 53.3 Å². The largest absolute Gasteiger partial charge is 0.496 e. The summed E-state index contributed by atoms with van der Waals surface area (Å²) in [6, 6.07) is 7.09. The van der Waals surface area contributed by atoms with Crippen LogP contribution in [0.15, 0.2) is 36.7 Å². The number of carbonyl (C=O) groups is 1. The maximum Gasteiger partial charge on any atom is 0.194 e. The molecule has 0 fully saturated rings. The Balaban J connectivity index is 2.33. The Morgan fingerprint density at radius 2 is 2.00 bits per heavy atom. The molecule has 2 aromatic rings. The van der Waals surface area contributed by atoms with E-state index < -0.39 is 0 Å². The summed E-state index contributed by atoms with van der Waals surface area (Å²) in [5.74, 6) is 1.19. The van der Waals surface area contributed by atoms with Gasteiger partial charge in [-0.3, -0.25) is 9.78 Å². The van der Waals surface area contributed by atoms with E-state index in [9.17, 15) is 4.79 Å². The molecule has 0 aliphatic carbocycles. The summed E-state index contributed by atoms with van der Waals surface area (Å²) < 4.78 is 10.6. The molecule has 1 aromatic heterocycles. The summed E-state index contributed by atoms with van der Waals surface area (Å²) in [5.41, 5.74) is 2.06. The number of carbonyl (C=O) groups excluding carboxylic acids is 1. The fourth-order valence-electron chi connectivity index (χ4n) is 1.92. The number of hydrogen-bond acceptors (Lipinski definition) is 4. The molecule has 4 nitrogen and oxygen atoms in total. The van der Waals surface area contributed by atoms with Gasteiger partial charge in [0.05, 0.1) is 19.9 Å². The number of hydrogen-bond donors (Lipinski definition) is 0. The Kier molecular flexibility index (Phi) is 4.35. The first-order chi connectivity index (χ1) is 9.65. The third kappa shape index (κ3) is 2.96. The first-order valence-electron chi connectivity index (χ1n) is 6.43. The molecule has 1 heterocycles. The Hall–Kier alpha value is -2.36. The Bertz CT molecular complexity index is 623. The van der Waals surface area contributed by atoms with Gasteiger partial charge < -0.3 is 9.47 Å². The number of ketones is 1. The number of aryl methyl sites for hydroxylation is 1. The van der Waals surface area contributed by atoms with Gasteiger partial charge in [0.1, 0.15) is 11.5 Å². The number of nitrogens with zero attached hydrogens (tertiary/aromatic N) is 1. The number of methoxy groups -OCH3 is 1. The SMILES string of the molecule is CCOc1cncc(C(=O)c2ccc(C)c(OC)c2)c1.